The van der Waals surface area contributed by atoms with E-state index in [2.05, 4.69) is 11.9 Å². The zero-order valence-electron chi connectivity index (χ0n) is 8.87. The van der Waals surface area contributed by atoms with Crippen LogP contribution >= 0.6 is 11.6 Å². The zero-order valence-corrected chi connectivity index (χ0v) is 9.62. The van der Waals surface area contributed by atoms with Gasteiger partial charge in [-0.1, -0.05) is 18.5 Å². The number of halogens is 1. The Morgan fingerprint density at radius 2 is 2.27 bits per heavy atom. The molecule has 1 atom stereocenters. The summed E-state index contributed by atoms with van der Waals surface area (Å²) in [6.45, 7) is 4.71. The van der Waals surface area contributed by atoms with Crippen LogP contribution in [0.15, 0.2) is 18.3 Å². The lowest BCUT2D eigenvalue weighted by Crippen LogP contribution is -2.12. The number of aryl methyl sites for hydroxylation is 1. The first kappa shape index (κ1) is 10.5. The molecule has 0 spiro atoms. The average Bonchev–Trinajstić information content (AvgIpc) is 2.52. The number of hydrogen-bond acceptors (Lipinski definition) is 2. The summed E-state index contributed by atoms with van der Waals surface area (Å²) in [5.74, 6) is 0.290. The molecule has 2 N–H and O–H groups in total. The van der Waals surface area contributed by atoms with Crippen molar-refractivity contribution in [2.24, 2.45) is 5.73 Å². The van der Waals surface area contributed by atoms with Gasteiger partial charge in [0.15, 0.2) is 0 Å². The lowest BCUT2D eigenvalue weighted by molar-refractivity contribution is 0.729. The lowest BCUT2D eigenvalue weighted by Gasteiger charge is -2.09. The first-order chi connectivity index (χ1) is 7.13. The van der Waals surface area contributed by atoms with Gasteiger partial charge in [0, 0.05) is 24.4 Å². The Kier molecular flexibility index (Phi) is 2.67. The van der Waals surface area contributed by atoms with E-state index < -0.39 is 0 Å². The molecule has 0 amide bonds. The summed E-state index contributed by atoms with van der Waals surface area (Å²) in [6, 6.07) is 3.77. The molecule has 0 bridgehead atoms. The van der Waals surface area contributed by atoms with Gasteiger partial charge in [-0.3, -0.25) is 0 Å². The summed E-state index contributed by atoms with van der Waals surface area (Å²) in [4.78, 5) is 4.47. The maximum Gasteiger partial charge on any atom is 0.137 e. The number of fused-ring (bicyclic) bond motifs is 1. The third-order valence-electron chi connectivity index (χ3n) is 2.62. The fraction of sp³-hybridized carbons (Fsp3) is 0.364. The monoisotopic (exact) mass is 223 g/mol. The fourth-order valence-electron chi connectivity index (χ4n) is 1.86. The molecule has 0 aliphatic heterocycles. The Hall–Kier alpha value is -1.06. The van der Waals surface area contributed by atoms with Gasteiger partial charge in [-0.15, -0.1) is 0 Å². The molecule has 1 unspecified atom stereocenters. The summed E-state index contributed by atoms with van der Waals surface area (Å²) < 4.78 is 2.02. The van der Waals surface area contributed by atoms with Gasteiger partial charge in [-0.2, -0.15) is 0 Å². The minimum atomic E-state index is 0.290. The Morgan fingerprint density at radius 3 is 2.93 bits per heavy atom. The Morgan fingerprint density at radius 1 is 1.53 bits per heavy atom. The van der Waals surface area contributed by atoms with Crippen molar-refractivity contribution in [1.82, 2.24) is 9.38 Å². The molecule has 2 heterocycles. The highest BCUT2D eigenvalue weighted by Gasteiger charge is 2.14. The summed E-state index contributed by atoms with van der Waals surface area (Å²) in [5.41, 5.74) is 8.78. The van der Waals surface area contributed by atoms with Crippen LogP contribution in [0.25, 0.3) is 5.65 Å². The maximum absolute atomic E-state index is 5.97. The van der Waals surface area contributed by atoms with Crippen molar-refractivity contribution < 1.29 is 0 Å². The molecule has 80 valence electrons. The number of imidazole rings is 1. The van der Waals surface area contributed by atoms with Crippen molar-refractivity contribution in [3.8, 4) is 0 Å². The maximum atomic E-state index is 5.97. The first-order valence-corrected chi connectivity index (χ1v) is 5.35. The summed E-state index contributed by atoms with van der Waals surface area (Å²) in [7, 11) is 0. The van der Waals surface area contributed by atoms with E-state index in [0.29, 0.717) is 17.5 Å². The molecule has 0 aromatic carbocycles. The molecule has 4 heteroatoms. The van der Waals surface area contributed by atoms with Gasteiger partial charge in [0.05, 0.1) is 10.7 Å². The quantitative estimate of drug-likeness (QED) is 0.850. The van der Waals surface area contributed by atoms with Crippen LogP contribution in [0.3, 0.4) is 0 Å². The highest BCUT2D eigenvalue weighted by molar-refractivity contribution is 6.30. The highest BCUT2D eigenvalue weighted by Crippen LogP contribution is 2.22. The van der Waals surface area contributed by atoms with E-state index in [1.54, 1.807) is 0 Å². The molecular formula is C11H14ClN3. The lowest BCUT2D eigenvalue weighted by atomic mass is 10.1. The largest absolute Gasteiger partial charge is 0.330 e. The van der Waals surface area contributed by atoms with E-state index in [1.807, 2.05) is 29.7 Å². The number of pyridine rings is 1. The zero-order chi connectivity index (χ0) is 11.0. The van der Waals surface area contributed by atoms with Crippen molar-refractivity contribution in [2.75, 3.05) is 6.54 Å². The third-order valence-corrected chi connectivity index (χ3v) is 2.85. The third kappa shape index (κ3) is 1.73. The molecule has 2 aromatic rings. The van der Waals surface area contributed by atoms with Crippen LogP contribution in [0, 0.1) is 6.92 Å². The second kappa shape index (κ2) is 3.83. The number of rotatable bonds is 2. The Balaban J connectivity index is 2.70. The van der Waals surface area contributed by atoms with Crippen LogP contribution in [0.2, 0.25) is 5.02 Å². The predicted molar refractivity (Wildman–Crippen MR) is 62.4 cm³/mol. The van der Waals surface area contributed by atoms with Crippen molar-refractivity contribution >= 4 is 17.2 Å². The van der Waals surface area contributed by atoms with Crippen LogP contribution in [0.4, 0.5) is 0 Å². The second-order valence-electron chi connectivity index (χ2n) is 3.79. The standard InChI is InChI=1S/C11H14ClN3/c1-7(5-13)11-8(2)14-10-4-3-9(12)6-15(10)11/h3-4,6-7H,5,13H2,1-2H3. The molecule has 0 saturated heterocycles. The van der Waals surface area contributed by atoms with Crippen LogP contribution in [0.5, 0.6) is 0 Å². The summed E-state index contributed by atoms with van der Waals surface area (Å²) in [5, 5.41) is 0.713. The molecular weight excluding hydrogens is 210 g/mol. The summed E-state index contributed by atoms with van der Waals surface area (Å²) >= 11 is 5.97. The van der Waals surface area contributed by atoms with Gasteiger partial charge in [0.25, 0.3) is 0 Å². The normalized spacial score (nSPS) is 13.3. The van der Waals surface area contributed by atoms with E-state index in [0.717, 1.165) is 17.0 Å². The second-order valence-corrected chi connectivity index (χ2v) is 4.23. The van der Waals surface area contributed by atoms with E-state index in [1.165, 1.54) is 0 Å². The van der Waals surface area contributed by atoms with Crippen LogP contribution in [-0.2, 0) is 0 Å². The van der Waals surface area contributed by atoms with E-state index in [-0.39, 0.29) is 0 Å². The molecule has 3 nitrogen and oxygen atoms in total. The minimum absolute atomic E-state index is 0.290. The highest BCUT2D eigenvalue weighted by atomic mass is 35.5. The van der Waals surface area contributed by atoms with Gasteiger partial charge in [0.2, 0.25) is 0 Å². The van der Waals surface area contributed by atoms with Gasteiger partial charge in [-0.25, -0.2) is 4.98 Å². The van der Waals surface area contributed by atoms with Crippen LogP contribution in [0.1, 0.15) is 24.2 Å². The van der Waals surface area contributed by atoms with E-state index in [4.69, 9.17) is 17.3 Å². The van der Waals surface area contributed by atoms with Crippen molar-refractivity contribution in [3.05, 3.63) is 34.7 Å². The molecule has 0 fully saturated rings. The number of nitrogens with two attached hydrogens (primary N) is 1. The topological polar surface area (TPSA) is 43.3 Å². The molecule has 2 aromatic heterocycles. The Labute approximate surface area is 93.9 Å². The van der Waals surface area contributed by atoms with Crippen molar-refractivity contribution in [1.29, 1.82) is 0 Å². The molecule has 0 aliphatic carbocycles. The van der Waals surface area contributed by atoms with Gasteiger partial charge in [0.1, 0.15) is 5.65 Å². The fourth-order valence-corrected chi connectivity index (χ4v) is 2.02. The van der Waals surface area contributed by atoms with Crippen molar-refractivity contribution in [3.63, 3.8) is 0 Å². The summed E-state index contributed by atoms with van der Waals surface area (Å²) in [6.07, 6.45) is 1.89. The Bertz CT molecular complexity index is 490. The number of aromatic nitrogens is 2. The van der Waals surface area contributed by atoms with Gasteiger partial charge < -0.3 is 10.1 Å². The number of hydrogen-bond donors (Lipinski definition) is 1. The molecule has 0 saturated carbocycles. The predicted octanol–water partition coefficient (Wildman–Crippen LogP) is 2.36. The smallest absolute Gasteiger partial charge is 0.137 e. The van der Waals surface area contributed by atoms with Gasteiger partial charge in [-0.05, 0) is 19.1 Å². The van der Waals surface area contributed by atoms with E-state index >= 15 is 0 Å². The first-order valence-electron chi connectivity index (χ1n) is 4.97. The number of nitrogens with zero attached hydrogens (tertiary/aromatic N) is 2. The van der Waals surface area contributed by atoms with Gasteiger partial charge >= 0.3 is 0 Å². The molecule has 2 rings (SSSR count). The average molecular weight is 224 g/mol. The van der Waals surface area contributed by atoms with Crippen LogP contribution in [-0.4, -0.2) is 15.9 Å². The van der Waals surface area contributed by atoms with E-state index in [9.17, 15) is 0 Å². The molecule has 0 aliphatic rings. The minimum Gasteiger partial charge on any atom is -0.330 e. The SMILES string of the molecule is Cc1nc2ccc(Cl)cn2c1C(C)CN. The van der Waals surface area contributed by atoms with Crippen molar-refractivity contribution in [2.45, 2.75) is 19.8 Å². The van der Waals surface area contributed by atoms with Crippen LogP contribution < -0.4 is 5.73 Å². The molecule has 0 radical (unpaired) electrons. The molecule has 15 heavy (non-hydrogen) atoms.